The second-order valence-corrected chi connectivity index (χ2v) is 7.84. The Hall–Kier alpha value is -1.54. The minimum Gasteiger partial charge on any atom is -0.468 e. The summed E-state index contributed by atoms with van der Waals surface area (Å²) in [5.74, 6) is -1.07. The van der Waals surface area contributed by atoms with Crippen LogP contribution in [0.3, 0.4) is 0 Å². The number of thioether (sulfide) groups is 1. The fraction of sp³-hybridized carbons (Fsp3) is 0.667. The van der Waals surface area contributed by atoms with Gasteiger partial charge in [0.05, 0.1) is 7.11 Å². The summed E-state index contributed by atoms with van der Waals surface area (Å²) < 4.78 is 9.31. The number of methoxy groups -OCH3 is 1. The van der Waals surface area contributed by atoms with Crippen molar-refractivity contribution >= 4 is 29.6 Å². The highest BCUT2D eigenvalue weighted by atomic mass is 32.2. The quantitative estimate of drug-likeness (QED) is 0.422. The van der Waals surface area contributed by atoms with E-state index in [0.29, 0.717) is 0 Å². The summed E-state index contributed by atoms with van der Waals surface area (Å²) in [4.78, 5) is 37.7. The number of hydrogen-bond donors (Lipinski definition) is 1. The molecule has 128 valence electrons. The topological polar surface area (TPSA) is 84.9 Å². The molecular formula is C15H22N2O5S. The predicted octanol–water partition coefficient (Wildman–Crippen LogP) is 0.298. The second kappa shape index (κ2) is 6.52. The summed E-state index contributed by atoms with van der Waals surface area (Å²) in [6.45, 7) is 9.08. The van der Waals surface area contributed by atoms with Crippen LogP contribution >= 0.6 is 11.8 Å². The highest BCUT2D eigenvalue weighted by molar-refractivity contribution is 8.01. The number of β-lactam (4-membered cyclic amide) rings is 1. The molecule has 0 radical (unpaired) electrons. The summed E-state index contributed by atoms with van der Waals surface area (Å²) in [5.41, 5.74) is 0. The van der Waals surface area contributed by atoms with Gasteiger partial charge in [-0.3, -0.25) is 14.9 Å². The number of carbonyl (C=O) groups is 3. The van der Waals surface area contributed by atoms with Gasteiger partial charge in [0, 0.05) is 4.75 Å². The maximum atomic E-state index is 12.4. The Morgan fingerprint density at radius 1 is 1.52 bits per heavy atom. The van der Waals surface area contributed by atoms with Gasteiger partial charge in [0.1, 0.15) is 30.1 Å². The number of rotatable bonds is 6. The third-order valence-electron chi connectivity index (χ3n) is 3.99. The van der Waals surface area contributed by atoms with E-state index < -0.39 is 34.8 Å². The molecule has 0 saturated carbocycles. The monoisotopic (exact) mass is 342 g/mol. The molecule has 4 atom stereocenters. The number of fused-ring (bicyclic) bond motifs is 1. The fourth-order valence-corrected chi connectivity index (χ4v) is 4.51. The van der Waals surface area contributed by atoms with Crippen molar-refractivity contribution in [1.29, 1.82) is 0 Å². The van der Waals surface area contributed by atoms with Crippen molar-refractivity contribution in [3.05, 3.63) is 12.7 Å². The van der Waals surface area contributed by atoms with E-state index in [0.717, 1.165) is 0 Å². The normalized spacial score (nSPS) is 29.3. The Balaban J connectivity index is 2.09. The Kier molecular flexibility index (Phi) is 5.05. The summed E-state index contributed by atoms with van der Waals surface area (Å²) in [6, 6.07) is -1.74. The van der Waals surface area contributed by atoms with Crippen molar-refractivity contribution in [2.45, 2.75) is 49.0 Å². The van der Waals surface area contributed by atoms with Crippen molar-refractivity contribution in [3.63, 3.8) is 0 Å². The first kappa shape index (κ1) is 17.8. The Morgan fingerprint density at radius 2 is 2.17 bits per heavy atom. The van der Waals surface area contributed by atoms with E-state index in [4.69, 9.17) is 4.74 Å². The molecule has 8 heteroatoms. The van der Waals surface area contributed by atoms with Crippen LogP contribution in [0.1, 0.15) is 20.8 Å². The van der Waals surface area contributed by atoms with Crippen LogP contribution in [0, 0.1) is 0 Å². The second-order valence-electron chi connectivity index (χ2n) is 6.07. The zero-order valence-corrected chi connectivity index (χ0v) is 14.5. The number of nitrogens with zero attached hydrogens (tertiary/aromatic N) is 1. The third kappa shape index (κ3) is 3.10. The maximum absolute atomic E-state index is 12.4. The molecule has 2 rings (SSSR count). The summed E-state index contributed by atoms with van der Waals surface area (Å²) in [5, 5.41) is 2.77. The van der Waals surface area contributed by atoms with Gasteiger partial charge in [0.25, 0.3) is 0 Å². The van der Waals surface area contributed by atoms with Gasteiger partial charge in [-0.15, -0.1) is 11.8 Å². The first-order valence-corrected chi connectivity index (χ1v) is 8.24. The van der Waals surface area contributed by atoms with Crippen LogP contribution in [0.5, 0.6) is 0 Å². The van der Waals surface area contributed by atoms with Crippen LogP contribution in [0.4, 0.5) is 0 Å². The minimum absolute atomic E-state index is 0.115. The molecule has 7 nitrogen and oxygen atoms in total. The van der Waals surface area contributed by atoms with Crippen molar-refractivity contribution < 1.29 is 23.9 Å². The Morgan fingerprint density at radius 3 is 2.74 bits per heavy atom. The largest absolute Gasteiger partial charge is 0.468 e. The van der Waals surface area contributed by atoms with Gasteiger partial charge in [-0.25, -0.2) is 4.79 Å². The molecule has 2 aliphatic heterocycles. The van der Waals surface area contributed by atoms with Crippen LogP contribution in [0.15, 0.2) is 12.7 Å². The summed E-state index contributed by atoms with van der Waals surface area (Å²) >= 11 is 1.52. The average Bonchev–Trinajstić information content (AvgIpc) is 2.77. The molecule has 23 heavy (non-hydrogen) atoms. The minimum atomic E-state index is -0.642. The highest BCUT2D eigenvalue weighted by Gasteiger charge is 2.64. The first-order valence-electron chi connectivity index (χ1n) is 7.36. The Labute approximate surface area is 139 Å². The van der Waals surface area contributed by atoms with Gasteiger partial charge in [0.15, 0.2) is 0 Å². The SMILES string of the molecule is C=CCOC(=O)[C@@H]1N2C(=O)[C@@H](N[C@H](C)C(=O)OC)[C@H]2SC1(C)C. The molecular weight excluding hydrogens is 320 g/mol. The van der Waals surface area contributed by atoms with E-state index in [9.17, 15) is 14.4 Å². The molecule has 0 aliphatic carbocycles. The molecule has 1 amide bonds. The number of esters is 2. The molecule has 0 spiro atoms. The van der Waals surface area contributed by atoms with Gasteiger partial charge < -0.3 is 14.4 Å². The predicted molar refractivity (Wildman–Crippen MR) is 85.6 cm³/mol. The molecule has 0 aromatic rings. The lowest BCUT2D eigenvalue weighted by molar-refractivity contribution is -0.164. The van der Waals surface area contributed by atoms with Gasteiger partial charge >= 0.3 is 11.9 Å². The molecule has 2 aliphatic rings. The van der Waals surface area contributed by atoms with Crippen molar-refractivity contribution in [1.82, 2.24) is 10.2 Å². The van der Waals surface area contributed by atoms with Gasteiger partial charge in [0.2, 0.25) is 5.91 Å². The maximum Gasteiger partial charge on any atom is 0.330 e. The lowest BCUT2D eigenvalue weighted by Crippen LogP contribution is -2.71. The van der Waals surface area contributed by atoms with Crippen LogP contribution in [-0.2, 0) is 23.9 Å². The number of ether oxygens (including phenoxy) is 2. The fourth-order valence-electron chi connectivity index (χ4n) is 2.88. The zero-order chi connectivity index (χ0) is 17.4. The van der Waals surface area contributed by atoms with Crippen LogP contribution in [-0.4, -0.2) is 64.7 Å². The number of amides is 1. The standard InChI is InChI=1S/C15H22N2O5S/c1-6-7-22-14(20)10-15(3,4)23-12-9(11(18)17(10)12)16-8(2)13(19)21-5/h6,8-10,12,16H,1,7H2,2-5H3/t8-,9-,10+,12-/m1/s1. The van der Waals surface area contributed by atoms with Gasteiger partial charge in [-0.2, -0.15) is 0 Å². The molecule has 0 aromatic heterocycles. The van der Waals surface area contributed by atoms with Crippen molar-refractivity contribution in [2.24, 2.45) is 0 Å². The van der Waals surface area contributed by atoms with Crippen LogP contribution < -0.4 is 5.32 Å². The molecule has 1 N–H and O–H groups in total. The van der Waals surface area contributed by atoms with E-state index in [2.05, 4.69) is 16.6 Å². The zero-order valence-electron chi connectivity index (χ0n) is 13.7. The molecule has 2 saturated heterocycles. The Bertz CT molecular complexity index is 536. The molecule has 0 aromatic carbocycles. The van der Waals surface area contributed by atoms with E-state index in [-0.39, 0.29) is 17.9 Å². The van der Waals surface area contributed by atoms with E-state index in [1.807, 2.05) is 13.8 Å². The lowest BCUT2D eigenvalue weighted by atomic mass is 9.95. The van der Waals surface area contributed by atoms with Crippen LogP contribution in [0.25, 0.3) is 0 Å². The molecule has 0 unspecified atom stereocenters. The van der Waals surface area contributed by atoms with E-state index >= 15 is 0 Å². The van der Waals surface area contributed by atoms with Gasteiger partial charge in [-0.1, -0.05) is 12.7 Å². The molecule has 0 bridgehead atoms. The third-order valence-corrected chi connectivity index (χ3v) is 5.56. The lowest BCUT2D eigenvalue weighted by Gasteiger charge is -2.44. The number of hydrogen-bond acceptors (Lipinski definition) is 7. The van der Waals surface area contributed by atoms with E-state index in [1.165, 1.54) is 29.8 Å². The highest BCUT2D eigenvalue weighted by Crippen LogP contribution is 2.51. The number of carbonyl (C=O) groups excluding carboxylic acids is 3. The van der Waals surface area contributed by atoms with E-state index in [1.54, 1.807) is 6.92 Å². The smallest absolute Gasteiger partial charge is 0.330 e. The molecule has 2 fully saturated rings. The van der Waals surface area contributed by atoms with Crippen molar-refractivity contribution in [2.75, 3.05) is 13.7 Å². The first-order chi connectivity index (χ1) is 10.7. The summed E-state index contributed by atoms with van der Waals surface area (Å²) in [6.07, 6.45) is 1.49. The van der Waals surface area contributed by atoms with Crippen LogP contribution in [0.2, 0.25) is 0 Å². The summed E-state index contributed by atoms with van der Waals surface area (Å²) in [7, 11) is 1.30. The van der Waals surface area contributed by atoms with Gasteiger partial charge in [-0.05, 0) is 20.8 Å². The molecule has 2 heterocycles. The number of nitrogens with one attached hydrogen (secondary N) is 1. The average molecular weight is 342 g/mol. The van der Waals surface area contributed by atoms with Crippen molar-refractivity contribution in [3.8, 4) is 0 Å².